The molecule has 0 aliphatic heterocycles. The van der Waals surface area contributed by atoms with Crippen LogP contribution in [0.2, 0.25) is 0 Å². The van der Waals surface area contributed by atoms with Gasteiger partial charge in [-0.3, -0.25) is 0 Å². The van der Waals surface area contributed by atoms with E-state index in [0.717, 1.165) is 0 Å². The van der Waals surface area contributed by atoms with Gasteiger partial charge in [-0.05, 0) is 19.1 Å². The van der Waals surface area contributed by atoms with Gasteiger partial charge in [0.15, 0.2) is 6.61 Å². The molecule has 1 aromatic heterocycles. The van der Waals surface area contributed by atoms with E-state index in [2.05, 4.69) is 21.8 Å². The lowest BCUT2D eigenvalue weighted by Crippen LogP contribution is -1.97. The maximum atomic E-state index is 13.0. The zero-order valence-corrected chi connectivity index (χ0v) is 10.3. The highest BCUT2D eigenvalue weighted by atomic mass is 19.1. The summed E-state index contributed by atoms with van der Waals surface area (Å²) in [5, 5.41) is 0. The third kappa shape index (κ3) is 3.96. The number of hydrogen-bond acceptors (Lipinski definition) is 4. The fraction of sp³-hybridized carbons (Fsp3) is 0.143. The van der Waals surface area contributed by atoms with Crippen LogP contribution in [0.1, 0.15) is 6.92 Å². The Labute approximate surface area is 110 Å². The minimum atomic E-state index is -0.374. The van der Waals surface area contributed by atoms with Gasteiger partial charge in [-0.15, -0.1) is 5.92 Å². The number of ether oxygens (including phenoxy) is 2. The van der Waals surface area contributed by atoms with Crippen molar-refractivity contribution < 1.29 is 13.9 Å². The topological polar surface area (TPSA) is 44.2 Å². The molecule has 1 heterocycles. The fourth-order valence-electron chi connectivity index (χ4n) is 1.29. The van der Waals surface area contributed by atoms with E-state index in [1.54, 1.807) is 19.1 Å². The molecule has 0 amide bonds. The average molecular weight is 258 g/mol. The van der Waals surface area contributed by atoms with E-state index < -0.39 is 0 Å². The monoisotopic (exact) mass is 258 g/mol. The average Bonchev–Trinajstić information content (AvgIpc) is 2.39. The van der Waals surface area contributed by atoms with Crippen molar-refractivity contribution in [3.05, 3.63) is 42.5 Å². The van der Waals surface area contributed by atoms with Crippen LogP contribution in [0, 0.1) is 17.7 Å². The summed E-state index contributed by atoms with van der Waals surface area (Å²) in [6, 6.07) is 7.31. The quantitative estimate of drug-likeness (QED) is 0.791. The molecular formula is C14H11FN2O2. The number of halogens is 1. The van der Waals surface area contributed by atoms with Crippen LogP contribution in [0.25, 0.3) is 0 Å². The molecule has 96 valence electrons. The Balaban J connectivity index is 2.07. The molecule has 0 atom stereocenters. The van der Waals surface area contributed by atoms with Gasteiger partial charge in [0.05, 0.1) is 6.07 Å². The lowest BCUT2D eigenvalue weighted by molar-refractivity contribution is 0.349. The summed E-state index contributed by atoms with van der Waals surface area (Å²) in [6.07, 6.45) is 1.31. The fourth-order valence-corrected chi connectivity index (χ4v) is 1.29. The number of benzene rings is 1. The van der Waals surface area contributed by atoms with Crippen LogP contribution in [-0.2, 0) is 0 Å². The predicted molar refractivity (Wildman–Crippen MR) is 67.5 cm³/mol. The Morgan fingerprint density at radius 1 is 1.21 bits per heavy atom. The van der Waals surface area contributed by atoms with Gasteiger partial charge < -0.3 is 9.47 Å². The smallest absolute Gasteiger partial charge is 0.226 e. The third-order valence-corrected chi connectivity index (χ3v) is 2.10. The molecule has 0 unspecified atom stereocenters. The summed E-state index contributed by atoms with van der Waals surface area (Å²) in [7, 11) is 0. The Kier molecular flexibility index (Phi) is 4.29. The van der Waals surface area contributed by atoms with Gasteiger partial charge in [-0.2, -0.15) is 0 Å². The van der Waals surface area contributed by atoms with Crippen molar-refractivity contribution in [2.45, 2.75) is 6.92 Å². The number of hydrogen-bond donors (Lipinski definition) is 0. The van der Waals surface area contributed by atoms with Gasteiger partial charge in [0.2, 0.25) is 11.8 Å². The molecule has 0 saturated heterocycles. The van der Waals surface area contributed by atoms with E-state index in [-0.39, 0.29) is 18.3 Å². The van der Waals surface area contributed by atoms with Crippen LogP contribution in [0.5, 0.6) is 17.5 Å². The molecule has 0 aliphatic rings. The highest BCUT2D eigenvalue weighted by Gasteiger charge is 2.03. The lowest BCUT2D eigenvalue weighted by Gasteiger charge is -2.05. The summed E-state index contributed by atoms with van der Waals surface area (Å²) in [5.41, 5.74) is 0. The van der Waals surface area contributed by atoms with E-state index in [9.17, 15) is 4.39 Å². The maximum Gasteiger partial charge on any atom is 0.226 e. The van der Waals surface area contributed by atoms with Crippen molar-refractivity contribution in [1.82, 2.24) is 9.97 Å². The lowest BCUT2D eigenvalue weighted by atomic mass is 10.3. The summed E-state index contributed by atoms with van der Waals surface area (Å²) >= 11 is 0. The highest BCUT2D eigenvalue weighted by Crippen LogP contribution is 2.21. The molecule has 2 rings (SSSR count). The molecule has 0 bridgehead atoms. The molecular weight excluding hydrogens is 247 g/mol. The van der Waals surface area contributed by atoms with Crippen LogP contribution in [0.4, 0.5) is 4.39 Å². The van der Waals surface area contributed by atoms with Crippen LogP contribution < -0.4 is 9.47 Å². The molecule has 0 radical (unpaired) electrons. The van der Waals surface area contributed by atoms with E-state index in [4.69, 9.17) is 9.47 Å². The van der Waals surface area contributed by atoms with E-state index in [1.807, 2.05) is 0 Å². The van der Waals surface area contributed by atoms with Gasteiger partial charge >= 0.3 is 0 Å². The van der Waals surface area contributed by atoms with Crippen molar-refractivity contribution in [3.8, 4) is 29.4 Å². The third-order valence-electron chi connectivity index (χ3n) is 2.10. The van der Waals surface area contributed by atoms with Gasteiger partial charge in [-0.1, -0.05) is 12.0 Å². The van der Waals surface area contributed by atoms with Crippen LogP contribution in [0.3, 0.4) is 0 Å². The van der Waals surface area contributed by atoms with Gasteiger partial charge in [0, 0.05) is 6.07 Å². The Morgan fingerprint density at radius 2 is 2.05 bits per heavy atom. The standard InChI is InChI=1S/C14H11FN2O2/c1-2-3-7-18-13-9-14(17-10-16-13)19-12-6-4-5-11(15)8-12/h4-6,8-10H,7H2,1H3. The second kappa shape index (κ2) is 6.36. The Morgan fingerprint density at radius 3 is 2.84 bits per heavy atom. The zero-order valence-electron chi connectivity index (χ0n) is 10.3. The van der Waals surface area contributed by atoms with E-state index in [0.29, 0.717) is 11.6 Å². The second-order valence-electron chi connectivity index (χ2n) is 3.47. The van der Waals surface area contributed by atoms with Gasteiger partial charge in [0.1, 0.15) is 17.9 Å². The second-order valence-corrected chi connectivity index (χ2v) is 3.47. The molecule has 19 heavy (non-hydrogen) atoms. The number of aromatic nitrogens is 2. The van der Waals surface area contributed by atoms with Crippen LogP contribution in [-0.4, -0.2) is 16.6 Å². The molecule has 0 spiro atoms. The number of rotatable bonds is 4. The van der Waals surface area contributed by atoms with E-state index in [1.165, 1.54) is 24.5 Å². The van der Waals surface area contributed by atoms with Crippen LogP contribution in [0.15, 0.2) is 36.7 Å². The molecule has 0 fully saturated rings. The van der Waals surface area contributed by atoms with Crippen LogP contribution >= 0.6 is 0 Å². The first-order valence-corrected chi connectivity index (χ1v) is 5.56. The Hall–Kier alpha value is -2.61. The van der Waals surface area contributed by atoms with E-state index >= 15 is 0 Å². The molecule has 0 N–H and O–H groups in total. The summed E-state index contributed by atoms with van der Waals surface area (Å²) in [6.45, 7) is 1.97. The first kappa shape index (κ1) is 12.8. The zero-order chi connectivity index (χ0) is 13.5. The molecule has 1 aromatic carbocycles. The van der Waals surface area contributed by atoms with Crippen molar-refractivity contribution in [1.29, 1.82) is 0 Å². The maximum absolute atomic E-state index is 13.0. The predicted octanol–water partition coefficient (Wildman–Crippen LogP) is 2.81. The highest BCUT2D eigenvalue weighted by molar-refractivity contribution is 5.28. The van der Waals surface area contributed by atoms with Crippen molar-refractivity contribution in [2.24, 2.45) is 0 Å². The molecule has 0 aliphatic carbocycles. The first-order chi connectivity index (χ1) is 9.28. The van der Waals surface area contributed by atoms with Crippen molar-refractivity contribution in [2.75, 3.05) is 6.61 Å². The molecule has 4 nitrogen and oxygen atoms in total. The first-order valence-electron chi connectivity index (χ1n) is 5.56. The molecule has 2 aromatic rings. The van der Waals surface area contributed by atoms with Gasteiger partial charge in [-0.25, -0.2) is 14.4 Å². The molecule has 0 saturated carbocycles. The van der Waals surface area contributed by atoms with Crippen molar-refractivity contribution >= 4 is 0 Å². The SMILES string of the molecule is CC#CCOc1cc(Oc2cccc(F)c2)ncn1. The summed E-state index contributed by atoms with van der Waals surface area (Å²) < 4.78 is 23.7. The van der Waals surface area contributed by atoms with Gasteiger partial charge in [0.25, 0.3) is 0 Å². The Bertz CT molecular complexity index is 620. The summed E-state index contributed by atoms with van der Waals surface area (Å²) in [5.74, 6) is 6.07. The minimum Gasteiger partial charge on any atom is -0.464 e. The number of nitrogens with zero attached hydrogens (tertiary/aromatic N) is 2. The largest absolute Gasteiger partial charge is 0.464 e. The normalized spacial score (nSPS) is 9.37. The summed E-state index contributed by atoms with van der Waals surface area (Å²) in [4.78, 5) is 7.84. The van der Waals surface area contributed by atoms with Crippen molar-refractivity contribution in [3.63, 3.8) is 0 Å². The minimum absolute atomic E-state index is 0.243. The molecule has 5 heteroatoms.